The van der Waals surface area contributed by atoms with Crippen molar-refractivity contribution in [1.29, 1.82) is 0 Å². The largest absolute Gasteiger partial charge is 0.278 e. The second kappa shape index (κ2) is 4.53. The maximum Gasteiger partial charge on any atom is 0.278 e. The number of amides is 1. The van der Waals surface area contributed by atoms with Gasteiger partial charge in [-0.1, -0.05) is 0 Å². The third-order valence-electron chi connectivity index (χ3n) is 2.36. The predicted molar refractivity (Wildman–Crippen MR) is 68.6 cm³/mol. The van der Waals surface area contributed by atoms with E-state index >= 15 is 0 Å². The summed E-state index contributed by atoms with van der Waals surface area (Å²) in [4.78, 5) is 16.8. The molecule has 1 aromatic heterocycles. The highest BCUT2D eigenvalue weighted by Crippen LogP contribution is 2.31. The van der Waals surface area contributed by atoms with Crippen molar-refractivity contribution < 1.29 is 9.63 Å². The van der Waals surface area contributed by atoms with Crippen LogP contribution in [0.15, 0.2) is 28.1 Å². The van der Waals surface area contributed by atoms with E-state index in [2.05, 4.69) is 15.9 Å². The third kappa shape index (κ3) is 1.86. The SMILES string of the molecule is CON(C)C(=O)c1ccc2sccc2c1Br. The average molecular weight is 300 g/mol. The van der Waals surface area contributed by atoms with Crippen molar-refractivity contribution in [2.24, 2.45) is 0 Å². The molecule has 2 aromatic rings. The Morgan fingerprint density at radius 3 is 2.88 bits per heavy atom. The molecule has 0 N–H and O–H groups in total. The molecule has 16 heavy (non-hydrogen) atoms. The lowest BCUT2D eigenvalue weighted by atomic mass is 10.1. The zero-order valence-electron chi connectivity index (χ0n) is 8.86. The smallest absolute Gasteiger partial charge is 0.274 e. The number of carbonyl (C=O) groups is 1. The zero-order valence-corrected chi connectivity index (χ0v) is 11.3. The Morgan fingerprint density at radius 2 is 2.19 bits per heavy atom. The van der Waals surface area contributed by atoms with Crippen LogP contribution in [0.25, 0.3) is 10.1 Å². The van der Waals surface area contributed by atoms with Gasteiger partial charge in [-0.05, 0) is 39.5 Å². The van der Waals surface area contributed by atoms with Crippen molar-refractivity contribution in [2.75, 3.05) is 14.2 Å². The fraction of sp³-hybridized carbons (Fsp3) is 0.182. The molecule has 0 radical (unpaired) electrons. The van der Waals surface area contributed by atoms with E-state index in [1.165, 1.54) is 12.2 Å². The van der Waals surface area contributed by atoms with Gasteiger partial charge in [-0.15, -0.1) is 11.3 Å². The summed E-state index contributed by atoms with van der Waals surface area (Å²) in [6.45, 7) is 0. The second-order valence-corrected chi connectivity index (χ2v) is 4.99. The van der Waals surface area contributed by atoms with E-state index in [9.17, 15) is 4.79 Å². The maximum atomic E-state index is 11.9. The number of thiophene rings is 1. The monoisotopic (exact) mass is 299 g/mol. The Bertz CT molecular complexity index is 538. The van der Waals surface area contributed by atoms with Crippen LogP contribution in [0.2, 0.25) is 0 Å². The van der Waals surface area contributed by atoms with Gasteiger partial charge in [-0.2, -0.15) is 0 Å². The van der Waals surface area contributed by atoms with Gasteiger partial charge in [0.1, 0.15) is 0 Å². The van der Waals surface area contributed by atoms with E-state index in [-0.39, 0.29) is 5.91 Å². The Morgan fingerprint density at radius 1 is 1.44 bits per heavy atom. The molecule has 0 aliphatic rings. The van der Waals surface area contributed by atoms with Gasteiger partial charge in [0.25, 0.3) is 5.91 Å². The lowest BCUT2D eigenvalue weighted by Crippen LogP contribution is -2.25. The highest BCUT2D eigenvalue weighted by Gasteiger charge is 2.16. The first-order valence-corrected chi connectivity index (χ1v) is 6.30. The molecule has 0 bridgehead atoms. The molecule has 3 nitrogen and oxygen atoms in total. The minimum atomic E-state index is -0.164. The quantitative estimate of drug-likeness (QED) is 0.796. The summed E-state index contributed by atoms with van der Waals surface area (Å²) in [5, 5.41) is 4.27. The van der Waals surface area contributed by atoms with Crippen molar-refractivity contribution in [1.82, 2.24) is 5.06 Å². The molecule has 2 rings (SSSR count). The summed E-state index contributed by atoms with van der Waals surface area (Å²) in [5.41, 5.74) is 0.607. The fourth-order valence-electron chi connectivity index (χ4n) is 1.43. The van der Waals surface area contributed by atoms with Gasteiger partial charge in [0.15, 0.2) is 0 Å². The van der Waals surface area contributed by atoms with Crippen LogP contribution in [0.4, 0.5) is 0 Å². The Labute approximate surface area is 106 Å². The Kier molecular flexibility index (Phi) is 3.28. The predicted octanol–water partition coefficient (Wildman–Crippen LogP) is 3.30. The molecule has 0 fully saturated rings. The standard InChI is InChI=1S/C11H10BrNO2S/c1-13(15-2)11(14)8-3-4-9-7(10(8)12)5-6-16-9/h3-6H,1-2H3. The highest BCUT2D eigenvalue weighted by atomic mass is 79.9. The van der Waals surface area contributed by atoms with E-state index in [1.54, 1.807) is 24.5 Å². The fourth-order valence-corrected chi connectivity index (χ4v) is 3.00. The van der Waals surface area contributed by atoms with Crippen LogP contribution >= 0.6 is 27.3 Å². The van der Waals surface area contributed by atoms with Gasteiger partial charge < -0.3 is 0 Å². The van der Waals surface area contributed by atoms with E-state index in [0.717, 1.165) is 14.6 Å². The highest BCUT2D eigenvalue weighted by molar-refractivity contribution is 9.10. The number of halogens is 1. The van der Waals surface area contributed by atoms with Crippen molar-refractivity contribution in [2.45, 2.75) is 0 Å². The molecule has 5 heteroatoms. The third-order valence-corrected chi connectivity index (χ3v) is 4.10. The number of fused-ring (bicyclic) bond motifs is 1. The summed E-state index contributed by atoms with van der Waals surface area (Å²) in [6, 6.07) is 5.75. The Balaban J connectivity index is 2.52. The van der Waals surface area contributed by atoms with Gasteiger partial charge in [-0.25, -0.2) is 5.06 Å². The molecule has 84 valence electrons. The first-order chi connectivity index (χ1) is 7.65. The van der Waals surface area contributed by atoms with E-state index < -0.39 is 0 Å². The molecule has 0 atom stereocenters. The van der Waals surface area contributed by atoms with E-state index in [0.29, 0.717) is 5.56 Å². The number of nitrogens with zero attached hydrogens (tertiary/aromatic N) is 1. The summed E-state index contributed by atoms with van der Waals surface area (Å²) in [6.07, 6.45) is 0. The van der Waals surface area contributed by atoms with Crippen LogP contribution in [0.1, 0.15) is 10.4 Å². The van der Waals surface area contributed by atoms with Crippen LogP contribution in [-0.2, 0) is 4.84 Å². The molecule has 0 aliphatic heterocycles. The minimum absolute atomic E-state index is 0.164. The lowest BCUT2D eigenvalue weighted by Gasteiger charge is -2.14. The van der Waals surface area contributed by atoms with Gasteiger partial charge in [0.2, 0.25) is 0 Å². The number of benzene rings is 1. The van der Waals surface area contributed by atoms with Crippen LogP contribution < -0.4 is 0 Å². The average Bonchev–Trinajstić information content (AvgIpc) is 2.76. The molecule has 1 aromatic carbocycles. The normalized spacial score (nSPS) is 10.7. The number of hydrogen-bond donors (Lipinski definition) is 0. The Hall–Kier alpha value is -0.910. The van der Waals surface area contributed by atoms with Crippen LogP contribution in [0.5, 0.6) is 0 Å². The molecule has 0 aliphatic carbocycles. The van der Waals surface area contributed by atoms with Crippen molar-refractivity contribution in [3.05, 3.63) is 33.6 Å². The number of hydrogen-bond acceptors (Lipinski definition) is 3. The molecular weight excluding hydrogens is 290 g/mol. The molecule has 1 heterocycles. The maximum absolute atomic E-state index is 11.9. The van der Waals surface area contributed by atoms with Crippen molar-refractivity contribution in [3.8, 4) is 0 Å². The summed E-state index contributed by atoms with van der Waals surface area (Å²) in [7, 11) is 3.06. The summed E-state index contributed by atoms with van der Waals surface area (Å²) >= 11 is 5.11. The molecule has 0 saturated heterocycles. The summed E-state index contributed by atoms with van der Waals surface area (Å²) in [5.74, 6) is -0.164. The number of carbonyl (C=O) groups excluding carboxylic acids is 1. The van der Waals surface area contributed by atoms with Crippen molar-refractivity contribution >= 4 is 43.3 Å². The first kappa shape index (κ1) is 11.6. The number of hydroxylamine groups is 2. The van der Waals surface area contributed by atoms with Gasteiger partial charge >= 0.3 is 0 Å². The zero-order chi connectivity index (χ0) is 11.7. The lowest BCUT2D eigenvalue weighted by molar-refractivity contribution is -0.0757. The van der Waals surface area contributed by atoms with Crippen LogP contribution in [0.3, 0.4) is 0 Å². The topological polar surface area (TPSA) is 29.5 Å². The van der Waals surface area contributed by atoms with Gasteiger partial charge in [0, 0.05) is 21.6 Å². The van der Waals surface area contributed by atoms with Crippen molar-refractivity contribution in [3.63, 3.8) is 0 Å². The summed E-state index contributed by atoms with van der Waals surface area (Å²) < 4.78 is 1.98. The van der Waals surface area contributed by atoms with Gasteiger partial charge in [0.05, 0.1) is 12.7 Å². The second-order valence-electron chi connectivity index (χ2n) is 3.24. The van der Waals surface area contributed by atoms with E-state index in [4.69, 9.17) is 4.84 Å². The first-order valence-electron chi connectivity index (χ1n) is 4.63. The van der Waals surface area contributed by atoms with Crippen LogP contribution in [-0.4, -0.2) is 25.1 Å². The van der Waals surface area contributed by atoms with E-state index in [1.807, 2.05) is 17.5 Å². The number of rotatable bonds is 2. The molecule has 0 saturated carbocycles. The van der Waals surface area contributed by atoms with Gasteiger partial charge in [-0.3, -0.25) is 9.63 Å². The van der Waals surface area contributed by atoms with Crippen LogP contribution in [0, 0.1) is 0 Å². The minimum Gasteiger partial charge on any atom is -0.274 e. The molecule has 1 amide bonds. The molecule has 0 unspecified atom stereocenters. The molecule has 0 spiro atoms. The molecular formula is C11H10BrNO2S.